The average Bonchev–Trinajstić information content (AvgIpc) is 1.82. The van der Waals surface area contributed by atoms with Gasteiger partial charge in [0.1, 0.15) is 5.78 Å². The maximum Gasteiger partial charge on any atom is 0.133 e. The van der Waals surface area contributed by atoms with Crippen LogP contribution in [0.15, 0.2) is 0 Å². The molecule has 1 nitrogen and oxygen atoms in total. The molecule has 58 valence electrons. The quantitative estimate of drug-likeness (QED) is 0.546. The lowest BCUT2D eigenvalue weighted by molar-refractivity contribution is -0.134. The summed E-state index contributed by atoms with van der Waals surface area (Å²) < 4.78 is 0. The van der Waals surface area contributed by atoms with Crippen molar-refractivity contribution in [2.45, 2.75) is 34.1 Å². The third kappa shape index (κ3) is 0.882. The molecule has 0 radical (unpaired) electrons. The van der Waals surface area contributed by atoms with Gasteiger partial charge in [0, 0.05) is 5.92 Å². The van der Waals surface area contributed by atoms with Crippen LogP contribution in [0.25, 0.3) is 0 Å². The summed E-state index contributed by atoms with van der Waals surface area (Å²) >= 11 is 0. The van der Waals surface area contributed by atoms with Gasteiger partial charge in [-0.3, -0.25) is 4.79 Å². The summed E-state index contributed by atoms with van der Waals surface area (Å²) in [5.41, 5.74) is 0.270. The first kappa shape index (κ1) is 7.77. The van der Waals surface area contributed by atoms with E-state index in [9.17, 15) is 4.79 Å². The Morgan fingerprint density at radius 1 is 1.50 bits per heavy atom. The fraction of sp³-hybridized carbons (Fsp3) is 0.889. The van der Waals surface area contributed by atoms with Gasteiger partial charge in [0.2, 0.25) is 0 Å². The molecule has 0 aliphatic heterocycles. The van der Waals surface area contributed by atoms with Gasteiger partial charge in [-0.1, -0.05) is 20.8 Å². The number of rotatable bonds is 1. The highest BCUT2D eigenvalue weighted by Gasteiger charge is 2.47. The molecule has 1 fully saturated rings. The van der Waals surface area contributed by atoms with E-state index in [1.54, 1.807) is 6.92 Å². The van der Waals surface area contributed by atoms with Crippen molar-refractivity contribution >= 4 is 5.78 Å². The smallest absolute Gasteiger partial charge is 0.133 e. The number of carbonyl (C=O) groups excluding carboxylic acids is 1. The van der Waals surface area contributed by atoms with Gasteiger partial charge in [-0.25, -0.2) is 0 Å². The van der Waals surface area contributed by atoms with Gasteiger partial charge < -0.3 is 0 Å². The Balaban J connectivity index is 2.63. The Hall–Kier alpha value is -0.330. The molecular formula is C9H16O. The second kappa shape index (κ2) is 2.08. The van der Waals surface area contributed by atoms with E-state index in [0.29, 0.717) is 11.7 Å². The largest absolute Gasteiger partial charge is 0.300 e. The monoisotopic (exact) mass is 140 g/mol. The van der Waals surface area contributed by atoms with Crippen molar-refractivity contribution in [3.8, 4) is 0 Å². The molecule has 1 rings (SSSR count). The fourth-order valence-electron chi connectivity index (χ4n) is 1.83. The van der Waals surface area contributed by atoms with E-state index in [1.807, 2.05) is 0 Å². The molecule has 10 heavy (non-hydrogen) atoms. The Labute approximate surface area is 62.8 Å². The molecule has 0 N–H and O–H groups in total. The molecule has 2 unspecified atom stereocenters. The van der Waals surface area contributed by atoms with Crippen LogP contribution in [0, 0.1) is 17.3 Å². The lowest BCUT2D eigenvalue weighted by atomic mass is 9.54. The molecule has 0 heterocycles. The predicted octanol–water partition coefficient (Wildman–Crippen LogP) is 2.26. The second-order valence-corrected chi connectivity index (χ2v) is 4.12. The van der Waals surface area contributed by atoms with Crippen LogP contribution in [-0.4, -0.2) is 5.78 Å². The summed E-state index contributed by atoms with van der Waals surface area (Å²) in [6, 6.07) is 0. The Morgan fingerprint density at radius 2 is 2.00 bits per heavy atom. The minimum Gasteiger partial charge on any atom is -0.300 e. The first-order chi connectivity index (χ1) is 4.46. The molecule has 1 aliphatic carbocycles. The van der Waals surface area contributed by atoms with Crippen LogP contribution in [0.2, 0.25) is 0 Å². The average molecular weight is 140 g/mol. The zero-order valence-corrected chi connectivity index (χ0v) is 7.27. The molecule has 0 spiro atoms. The highest BCUT2D eigenvalue weighted by Crippen LogP contribution is 2.51. The standard InChI is InChI=1S/C9H16O/c1-6-5-8(7(2)10)9(6,3)4/h6,8H,5H2,1-4H3. The number of carbonyl (C=O) groups is 1. The molecule has 1 aliphatic rings. The molecule has 1 heteroatoms. The topological polar surface area (TPSA) is 17.1 Å². The third-order valence-electron chi connectivity index (χ3n) is 3.25. The molecule has 2 atom stereocenters. The van der Waals surface area contributed by atoms with E-state index < -0.39 is 0 Å². The van der Waals surface area contributed by atoms with Crippen LogP contribution < -0.4 is 0 Å². The van der Waals surface area contributed by atoms with Gasteiger partial charge in [0.15, 0.2) is 0 Å². The van der Waals surface area contributed by atoms with Crippen LogP contribution in [0.3, 0.4) is 0 Å². The van der Waals surface area contributed by atoms with Crippen molar-refractivity contribution in [1.29, 1.82) is 0 Å². The van der Waals surface area contributed by atoms with Crippen molar-refractivity contribution in [2.75, 3.05) is 0 Å². The molecule has 0 aromatic heterocycles. The summed E-state index contributed by atoms with van der Waals surface area (Å²) in [5, 5.41) is 0. The van der Waals surface area contributed by atoms with Crippen LogP contribution >= 0.6 is 0 Å². The van der Waals surface area contributed by atoms with Gasteiger partial charge in [0.05, 0.1) is 0 Å². The molecule has 1 saturated carbocycles. The van der Waals surface area contributed by atoms with Crippen LogP contribution in [0.5, 0.6) is 0 Å². The molecular weight excluding hydrogens is 124 g/mol. The zero-order chi connectivity index (χ0) is 7.94. The van der Waals surface area contributed by atoms with Crippen molar-refractivity contribution in [3.05, 3.63) is 0 Å². The van der Waals surface area contributed by atoms with Crippen LogP contribution in [-0.2, 0) is 4.79 Å². The van der Waals surface area contributed by atoms with Crippen molar-refractivity contribution in [2.24, 2.45) is 17.3 Å². The first-order valence-electron chi connectivity index (χ1n) is 3.96. The predicted molar refractivity (Wildman–Crippen MR) is 41.7 cm³/mol. The van der Waals surface area contributed by atoms with E-state index in [2.05, 4.69) is 20.8 Å². The highest BCUT2D eigenvalue weighted by atomic mass is 16.1. The summed E-state index contributed by atoms with van der Waals surface area (Å²) in [4.78, 5) is 11.0. The molecule has 0 saturated heterocycles. The van der Waals surface area contributed by atoms with E-state index >= 15 is 0 Å². The van der Waals surface area contributed by atoms with Gasteiger partial charge in [-0.2, -0.15) is 0 Å². The lowest BCUT2D eigenvalue weighted by Crippen LogP contribution is -2.46. The summed E-state index contributed by atoms with van der Waals surface area (Å²) in [7, 11) is 0. The van der Waals surface area contributed by atoms with E-state index in [0.717, 1.165) is 12.3 Å². The summed E-state index contributed by atoms with van der Waals surface area (Å²) in [6.07, 6.45) is 1.10. The molecule has 0 aromatic rings. The minimum atomic E-state index is 0.270. The van der Waals surface area contributed by atoms with E-state index in [-0.39, 0.29) is 5.41 Å². The summed E-state index contributed by atoms with van der Waals surface area (Å²) in [6.45, 7) is 8.30. The normalized spacial score (nSPS) is 36.8. The Kier molecular flexibility index (Phi) is 1.61. The number of hydrogen-bond acceptors (Lipinski definition) is 1. The lowest BCUT2D eigenvalue weighted by Gasteiger charge is -2.49. The highest BCUT2D eigenvalue weighted by molar-refractivity contribution is 5.80. The van der Waals surface area contributed by atoms with E-state index in [1.165, 1.54) is 0 Å². The van der Waals surface area contributed by atoms with Gasteiger partial charge in [0.25, 0.3) is 0 Å². The van der Waals surface area contributed by atoms with Gasteiger partial charge in [-0.05, 0) is 24.7 Å². The second-order valence-electron chi connectivity index (χ2n) is 4.12. The maximum atomic E-state index is 11.0. The van der Waals surface area contributed by atoms with Gasteiger partial charge >= 0.3 is 0 Å². The number of ketones is 1. The van der Waals surface area contributed by atoms with Crippen LogP contribution in [0.1, 0.15) is 34.1 Å². The SMILES string of the molecule is CC(=O)C1CC(C)C1(C)C. The minimum absolute atomic E-state index is 0.270. The molecule has 0 bridgehead atoms. The van der Waals surface area contributed by atoms with Crippen molar-refractivity contribution in [3.63, 3.8) is 0 Å². The van der Waals surface area contributed by atoms with Crippen molar-refractivity contribution in [1.82, 2.24) is 0 Å². The Bertz CT molecular complexity index is 158. The third-order valence-corrected chi connectivity index (χ3v) is 3.25. The van der Waals surface area contributed by atoms with E-state index in [4.69, 9.17) is 0 Å². The first-order valence-corrected chi connectivity index (χ1v) is 3.96. The maximum absolute atomic E-state index is 11.0. The number of hydrogen-bond donors (Lipinski definition) is 0. The fourth-order valence-corrected chi connectivity index (χ4v) is 1.83. The van der Waals surface area contributed by atoms with Gasteiger partial charge in [-0.15, -0.1) is 0 Å². The molecule has 0 aromatic carbocycles. The van der Waals surface area contributed by atoms with Crippen LogP contribution in [0.4, 0.5) is 0 Å². The summed E-state index contributed by atoms with van der Waals surface area (Å²) in [5.74, 6) is 1.42. The Morgan fingerprint density at radius 3 is 2.10 bits per heavy atom. The zero-order valence-electron chi connectivity index (χ0n) is 7.27. The number of Topliss-reactive ketones (excluding diaryl/α,β-unsaturated/α-hetero) is 1. The molecule has 0 amide bonds. The van der Waals surface area contributed by atoms with Crippen molar-refractivity contribution < 1.29 is 4.79 Å².